The van der Waals surface area contributed by atoms with E-state index in [1.54, 1.807) is 16.0 Å². The van der Waals surface area contributed by atoms with Crippen LogP contribution >= 0.6 is 0 Å². The number of carbonyl (C=O) groups is 2. The minimum atomic E-state index is -0.493. The van der Waals surface area contributed by atoms with Crippen LogP contribution in [0.3, 0.4) is 0 Å². The fraction of sp³-hybridized carbons (Fsp3) is 0.542. The first-order valence-electron chi connectivity index (χ1n) is 12.0. The van der Waals surface area contributed by atoms with E-state index < -0.39 is 5.60 Å². The number of amides is 2. The molecule has 0 bridgehead atoms. The molecule has 1 unspecified atom stereocenters. The quantitative estimate of drug-likeness (QED) is 0.704. The van der Waals surface area contributed by atoms with Gasteiger partial charge in [0, 0.05) is 64.5 Å². The summed E-state index contributed by atoms with van der Waals surface area (Å²) < 4.78 is 5.47. The van der Waals surface area contributed by atoms with Gasteiger partial charge in [0.05, 0.1) is 11.9 Å². The number of hydrogen-bond acceptors (Lipinski definition) is 9. The van der Waals surface area contributed by atoms with Gasteiger partial charge >= 0.3 is 6.09 Å². The van der Waals surface area contributed by atoms with Crippen LogP contribution in [0, 0.1) is 0 Å². The zero-order chi connectivity index (χ0) is 24.7. The van der Waals surface area contributed by atoms with Gasteiger partial charge in [0.15, 0.2) is 0 Å². The number of anilines is 4. The van der Waals surface area contributed by atoms with Crippen LogP contribution in [0.5, 0.6) is 0 Å². The van der Waals surface area contributed by atoms with E-state index in [1.807, 2.05) is 46.1 Å². The van der Waals surface area contributed by atoms with E-state index in [9.17, 15) is 9.59 Å². The van der Waals surface area contributed by atoms with Crippen LogP contribution in [0.1, 0.15) is 26.3 Å². The molecule has 2 fully saturated rings. The van der Waals surface area contributed by atoms with Crippen LogP contribution in [0.25, 0.3) is 0 Å². The summed E-state index contributed by atoms with van der Waals surface area (Å²) in [5, 5.41) is 3.18. The molecule has 0 spiro atoms. The van der Waals surface area contributed by atoms with Crippen LogP contribution in [0.15, 0.2) is 24.5 Å². The Balaban J connectivity index is 1.19. The summed E-state index contributed by atoms with van der Waals surface area (Å²) in [7, 11) is 1.84. The highest BCUT2D eigenvalue weighted by Crippen LogP contribution is 2.33. The monoisotopic (exact) mass is 480 g/mol. The molecule has 2 aromatic heterocycles. The first kappa shape index (κ1) is 23.1. The molecule has 0 aromatic carbocycles. The van der Waals surface area contributed by atoms with Crippen LogP contribution in [0.2, 0.25) is 0 Å². The van der Waals surface area contributed by atoms with Gasteiger partial charge < -0.3 is 29.7 Å². The molecule has 0 radical (unpaired) electrons. The first-order valence-corrected chi connectivity index (χ1v) is 12.0. The predicted molar refractivity (Wildman–Crippen MR) is 132 cm³/mol. The fourth-order valence-corrected chi connectivity index (χ4v) is 4.66. The Hall–Kier alpha value is -3.63. The summed E-state index contributed by atoms with van der Waals surface area (Å²) >= 11 is 0. The first-order chi connectivity index (χ1) is 16.7. The van der Waals surface area contributed by atoms with E-state index >= 15 is 0 Å². The normalized spacial score (nSPS) is 20.0. The molecule has 35 heavy (non-hydrogen) atoms. The number of hydrogen-bond donors (Lipinski definition) is 1. The lowest BCUT2D eigenvalue weighted by Gasteiger charge is -2.36. The van der Waals surface area contributed by atoms with E-state index in [4.69, 9.17) is 4.74 Å². The van der Waals surface area contributed by atoms with Crippen LogP contribution in [0.4, 0.5) is 28.1 Å². The molecule has 1 atom stereocenters. The Kier molecular flexibility index (Phi) is 5.86. The molecule has 3 aliphatic rings. The number of nitrogens with one attached hydrogen (secondary N) is 1. The molecule has 2 saturated heterocycles. The second kappa shape index (κ2) is 8.86. The molecule has 5 heterocycles. The number of rotatable bonds is 3. The number of aromatic nitrogens is 3. The van der Waals surface area contributed by atoms with Gasteiger partial charge in [-0.3, -0.25) is 4.79 Å². The van der Waals surface area contributed by atoms with Crippen molar-refractivity contribution in [3.63, 3.8) is 0 Å². The summed E-state index contributed by atoms with van der Waals surface area (Å²) in [5.74, 6) is 2.06. The van der Waals surface area contributed by atoms with Crippen molar-refractivity contribution >= 4 is 35.3 Å². The van der Waals surface area contributed by atoms with Crippen LogP contribution in [-0.4, -0.2) is 94.7 Å². The van der Waals surface area contributed by atoms with Gasteiger partial charge in [-0.05, 0) is 32.9 Å². The molecular formula is C24H32N8O3. The van der Waals surface area contributed by atoms with Gasteiger partial charge in [-0.15, -0.1) is 0 Å². The lowest BCUT2D eigenvalue weighted by molar-refractivity contribution is -0.132. The molecule has 2 amide bonds. The van der Waals surface area contributed by atoms with Crippen molar-refractivity contribution in [2.45, 2.75) is 38.8 Å². The zero-order valence-electron chi connectivity index (χ0n) is 20.7. The maximum absolute atomic E-state index is 12.5. The Labute approximate surface area is 205 Å². The summed E-state index contributed by atoms with van der Waals surface area (Å²) in [4.78, 5) is 46.3. The van der Waals surface area contributed by atoms with Crippen LogP contribution in [-0.2, 0) is 16.0 Å². The smallest absolute Gasteiger partial charge is 0.410 e. The number of carbonyl (C=O) groups excluding carboxylic acids is 2. The molecule has 11 heteroatoms. The van der Waals surface area contributed by atoms with E-state index in [0.717, 1.165) is 23.6 Å². The summed E-state index contributed by atoms with van der Waals surface area (Å²) in [5.41, 5.74) is 1.50. The minimum Gasteiger partial charge on any atom is -0.444 e. The highest BCUT2D eigenvalue weighted by atomic mass is 16.6. The molecule has 11 nitrogen and oxygen atoms in total. The molecular weight excluding hydrogens is 448 g/mol. The lowest BCUT2D eigenvalue weighted by atomic mass is 10.1. The largest absolute Gasteiger partial charge is 0.444 e. The molecule has 0 aliphatic carbocycles. The van der Waals surface area contributed by atoms with E-state index in [2.05, 4.69) is 30.1 Å². The van der Waals surface area contributed by atoms with E-state index in [1.165, 1.54) is 0 Å². The van der Waals surface area contributed by atoms with Crippen molar-refractivity contribution in [3.8, 4) is 0 Å². The summed E-state index contributed by atoms with van der Waals surface area (Å²) in [6.45, 7) is 9.72. The zero-order valence-corrected chi connectivity index (χ0v) is 20.7. The van der Waals surface area contributed by atoms with Crippen molar-refractivity contribution in [3.05, 3.63) is 30.1 Å². The SMILES string of the molecule is CN1CCN2c3nc(Nc4ccc(N5CCN(C(=O)OC(C)(C)C)CC5)cn4)ncc3CC2C1=O. The Bertz CT molecular complexity index is 1110. The number of nitrogens with zero attached hydrogens (tertiary/aromatic N) is 7. The molecule has 0 saturated carbocycles. The van der Waals surface area contributed by atoms with Crippen LogP contribution < -0.4 is 15.1 Å². The number of pyridine rings is 1. The van der Waals surface area contributed by atoms with Gasteiger partial charge in [-0.25, -0.2) is 14.8 Å². The minimum absolute atomic E-state index is 0.132. The molecule has 5 rings (SSSR count). The van der Waals surface area contributed by atoms with Gasteiger partial charge in [0.1, 0.15) is 23.3 Å². The van der Waals surface area contributed by atoms with Crippen molar-refractivity contribution in [2.24, 2.45) is 0 Å². The van der Waals surface area contributed by atoms with Gasteiger partial charge in [0.2, 0.25) is 11.9 Å². The molecule has 1 N–H and O–H groups in total. The number of likely N-dealkylation sites (N-methyl/N-ethyl adjacent to an activating group) is 1. The molecule has 3 aliphatic heterocycles. The maximum atomic E-state index is 12.5. The Morgan fingerprint density at radius 3 is 2.51 bits per heavy atom. The van der Waals surface area contributed by atoms with E-state index in [-0.39, 0.29) is 18.0 Å². The van der Waals surface area contributed by atoms with Gasteiger partial charge in [0.25, 0.3) is 0 Å². The van der Waals surface area contributed by atoms with Crippen molar-refractivity contribution in [2.75, 3.05) is 61.4 Å². The van der Waals surface area contributed by atoms with E-state index in [0.29, 0.717) is 50.9 Å². The standard InChI is InChI=1S/C24H32N8O3/c1-24(2,3)35-23(34)31-10-8-30(9-11-31)17-5-6-19(25-15-17)27-22-26-14-16-13-18-21(33)29(4)7-12-32(18)20(16)28-22/h5-6,14-15,18H,7-13H2,1-4H3,(H,25,26,27,28). The summed E-state index contributed by atoms with van der Waals surface area (Å²) in [6.07, 6.45) is 3.99. The van der Waals surface area contributed by atoms with Gasteiger partial charge in [-0.1, -0.05) is 0 Å². The maximum Gasteiger partial charge on any atom is 0.410 e. The number of piperazine rings is 2. The third kappa shape index (κ3) is 4.80. The average Bonchev–Trinajstić information content (AvgIpc) is 3.20. The summed E-state index contributed by atoms with van der Waals surface area (Å²) in [6, 6.07) is 3.72. The Morgan fingerprint density at radius 2 is 1.83 bits per heavy atom. The van der Waals surface area contributed by atoms with Gasteiger partial charge in [-0.2, -0.15) is 4.98 Å². The Morgan fingerprint density at radius 1 is 1.06 bits per heavy atom. The van der Waals surface area contributed by atoms with Crippen molar-refractivity contribution in [1.82, 2.24) is 24.8 Å². The predicted octanol–water partition coefficient (Wildman–Crippen LogP) is 1.88. The highest BCUT2D eigenvalue weighted by Gasteiger charge is 2.40. The second-order valence-electron chi connectivity index (χ2n) is 10.2. The average molecular weight is 481 g/mol. The van der Waals surface area contributed by atoms with Crippen molar-refractivity contribution in [1.29, 1.82) is 0 Å². The third-order valence-corrected chi connectivity index (χ3v) is 6.53. The third-order valence-electron chi connectivity index (χ3n) is 6.53. The fourth-order valence-electron chi connectivity index (χ4n) is 4.66. The number of ether oxygens (including phenoxy) is 1. The number of fused-ring (bicyclic) bond motifs is 3. The van der Waals surface area contributed by atoms with Crippen molar-refractivity contribution < 1.29 is 14.3 Å². The molecule has 186 valence electrons. The second-order valence-corrected chi connectivity index (χ2v) is 10.2. The molecule has 2 aromatic rings. The highest BCUT2D eigenvalue weighted by molar-refractivity contribution is 5.88. The topological polar surface area (TPSA) is 107 Å². The lowest BCUT2D eigenvalue weighted by Crippen LogP contribution is -2.54.